The highest BCUT2D eigenvalue weighted by Crippen LogP contribution is 2.23. The molecule has 0 radical (unpaired) electrons. The van der Waals surface area contributed by atoms with E-state index in [2.05, 4.69) is 26.1 Å². The van der Waals surface area contributed by atoms with Gasteiger partial charge in [0.1, 0.15) is 5.88 Å². The Bertz CT molecular complexity index is 446. The van der Waals surface area contributed by atoms with Crippen molar-refractivity contribution in [1.29, 1.82) is 0 Å². The highest BCUT2D eigenvalue weighted by atomic mass is 32.3. The number of anilines is 1. The van der Waals surface area contributed by atoms with Gasteiger partial charge in [-0.05, 0) is 23.1 Å². The lowest BCUT2D eigenvalue weighted by Gasteiger charge is -2.19. The van der Waals surface area contributed by atoms with Crippen LogP contribution in [0.15, 0.2) is 24.3 Å². The Kier molecular flexibility index (Phi) is 3.57. The molecule has 1 rings (SSSR count). The molecule has 0 aromatic heterocycles. The van der Waals surface area contributed by atoms with Gasteiger partial charge in [0, 0.05) is 5.69 Å². The predicted octanol–water partition coefficient (Wildman–Crippen LogP) is 2.65. The smallest absolute Gasteiger partial charge is 0.320 e. The van der Waals surface area contributed by atoms with Gasteiger partial charge in [0.2, 0.25) is 0 Å². The van der Waals surface area contributed by atoms with Crippen LogP contribution in [0, 0.1) is 0 Å². The van der Waals surface area contributed by atoms with Crippen LogP contribution in [0.3, 0.4) is 0 Å². The first-order valence-electron chi connectivity index (χ1n) is 4.95. The molecule has 1 N–H and O–H groups in total. The molecule has 90 valence electrons. The van der Waals surface area contributed by atoms with Gasteiger partial charge in [-0.2, -0.15) is 8.42 Å². The lowest BCUT2D eigenvalue weighted by atomic mass is 9.87. The molecule has 0 aliphatic carbocycles. The van der Waals surface area contributed by atoms with Crippen LogP contribution < -0.4 is 5.32 Å². The number of hydrogen-bond donors (Lipinski definition) is 1. The van der Waals surface area contributed by atoms with Gasteiger partial charge in [0.25, 0.3) is 0 Å². The number of halogens is 1. The Labute approximate surface area is 95.9 Å². The molecule has 0 unspecified atom stereocenters. The third-order valence-corrected chi connectivity index (χ3v) is 2.69. The molecule has 16 heavy (non-hydrogen) atoms. The van der Waals surface area contributed by atoms with Gasteiger partial charge >= 0.3 is 10.2 Å². The van der Waals surface area contributed by atoms with Crippen LogP contribution in [0.25, 0.3) is 0 Å². The molecular weight excluding hydrogens is 229 g/mol. The molecule has 1 aromatic rings. The number of rotatable bonds is 3. The minimum Gasteiger partial charge on any atom is -0.369 e. The van der Waals surface area contributed by atoms with Crippen molar-refractivity contribution in [2.75, 3.05) is 11.2 Å². The summed E-state index contributed by atoms with van der Waals surface area (Å²) >= 11 is 0. The number of nitrogens with one attached hydrogen (secondary N) is 1. The normalized spacial score (nSPS) is 12.5. The molecule has 0 saturated carbocycles. The summed E-state index contributed by atoms with van der Waals surface area (Å²) in [5, 5.41) is 2.50. The Hall–Kier alpha value is -1.10. The Balaban J connectivity index is 2.73. The first-order valence-corrected chi connectivity index (χ1v) is 6.50. The zero-order valence-corrected chi connectivity index (χ0v) is 10.4. The fourth-order valence-corrected chi connectivity index (χ4v) is 1.60. The summed E-state index contributed by atoms with van der Waals surface area (Å²) in [6.07, 6.45) is 0. The molecule has 1 aromatic carbocycles. The van der Waals surface area contributed by atoms with Crippen molar-refractivity contribution < 1.29 is 12.3 Å². The summed E-state index contributed by atoms with van der Waals surface area (Å²) in [5.41, 5.74) is 1.78. The van der Waals surface area contributed by atoms with Crippen molar-refractivity contribution >= 4 is 15.9 Å². The van der Waals surface area contributed by atoms with Gasteiger partial charge in [-0.1, -0.05) is 32.9 Å². The van der Waals surface area contributed by atoms with Gasteiger partial charge < -0.3 is 5.32 Å². The highest BCUT2D eigenvalue weighted by molar-refractivity contribution is 7.86. The maximum atomic E-state index is 12.3. The third kappa shape index (κ3) is 4.18. The summed E-state index contributed by atoms with van der Waals surface area (Å²) in [6.45, 7) is 6.25. The molecule has 0 atom stereocenters. The topological polar surface area (TPSA) is 46.2 Å². The Morgan fingerprint density at radius 1 is 1.19 bits per heavy atom. The number of benzene rings is 1. The largest absolute Gasteiger partial charge is 0.369 e. The van der Waals surface area contributed by atoms with Gasteiger partial charge in [-0.3, -0.25) is 0 Å². The van der Waals surface area contributed by atoms with E-state index in [4.69, 9.17) is 0 Å². The molecule has 5 heteroatoms. The van der Waals surface area contributed by atoms with E-state index in [1.54, 1.807) is 12.1 Å². The van der Waals surface area contributed by atoms with E-state index in [1.165, 1.54) is 0 Å². The highest BCUT2D eigenvalue weighted by Gasteiger charge is 2.13. The summed E-state index contributed by atoms with van der Waals surface area (Å²) in [6, 6.07) is 7.28. The van der Waals surface area contributed by atoms with E-state index in [9.17, 15) is 12.3 Å². The van der Waals surface area contributed by atoms with Crippen LogP contribution >= 0.6 is 0 Å². The summed E-state index contributed by atoms with van der Waals surface area (Å²) in [4.78, 5) is 0. The average molecular weight is 245 g/mol. The molecule has 0 aliphatic heterocycles. The summed E-state index contributed by atoms with van der Waals surface area (Å²) < 4.78 is 32.9. The van der Waals surface area contributed by atoms with Crippen LogP contribution in [0.1, 0.15) is 26.3 Å². The summed E-state index contributed by atoms with van der Waals surface area (Å²) in [7, 11) is -4.47. The Morgan fingerprint density at radius 2 is 1.69 bits per heavy atom. The molecule has 0 bridgehead atoms. The molecule has 0 fully saturated rings. The van der Waals surface area contributed by atoms with Crippen molar-refractivity contribution in [2.24, 2.45) is 0 Å². The van der Waals surface area contributed by atoms with Crippen LogP contribution in [-0.4, -0.2) is 14.3 Å². The minimum atomic E-state index is -4.47. The third-order valence-electron chi connectivity index (χ3n) is 2.20. The van der Waals surface area contributed by atoms with Crippen molar-refractivity contribution in [3.63, 3.8) is 0 Å². The van der Waals surface area contributed by atoms with Gasteiger partial charge in [0.15, 0.2) is 0 Å². The van der Waals surface area contributed by atoms with E-state index in [0.717, 1.165) is 5.56 Å². The quantitative estimate of drug-likeness (QED) is 0.833. The van der Waals surface area contributed by atoms with Crippen LogP contribution in [-0.2, 0) is 15.6 Å². The van der Waals surface area contributed by atoms with Crippen LogP contribution in [0.2, 0.25) is 0 Å². The van der Waals surface area contributed by atoms with E-state index in [1.807, 2.05) is 12.1 Å². The number of hydrogen-bond acceptors (Lipinski definition) is 3. The first-order chi connectivity index (χ1) is 7.18. The zero-order chi connectivity index (χ0) is 12.4. The van der Waals surface area contributed by atoms with Crippen LogP contribution in [0.5, 0.6) is 0 Å². The SMILES string of the molecule is CC(C)(C)c1ccc(NCS(=O)(=O)F)cc1. The maximum absolute atomic E-state index is 12.3. The van der Waals surface area contributed by atoms with Crippen molar-refractivity contribution in [3.8, 4) is 0 Å². The van der Waals surface area contributed by atoms with Crippen molar-refractivity contribution in [1.82, 2.24) is 0 Å². The monoisotopic (exact) mass is 245 g/mol. The van der Waals surface area contributed by atoms with Crippen molar-refractivity contribution in [3.05, 3.63) is 29.8 Å². The lowest BCUT2D eigenvalue weighted by Crippen LogP contribution is -2.12. The lowest BCUT2D eigenvalue weighted by molar-refractivity contribution is 0.554. The molecule has 0 heterocycles. The van der Waals surface area contributed by atoms with E-state index >= 15 is 0 Å². The minimum absolute atomic E-state index is 0.0463. The second kappa shape index (κ2) is 4.41. The average Bonchev–Trinajstić information content (AvgIpc) is 2.13. The molecule has 0 spiro atoms. The molecule has 0 aliphatic rings. The van der Waals surface area contributed by atoms with Gasteiger partial charge in [-0.15, -0.1) is 3.89 Å². The predicted molar refractivity (Wildman–Crippen MR) is 63.7 cm³/mol. The van der Waals surface area contributed by atoms with E-state index in [-0.39, 0.29) is 5.41 Å². The summed E-state index contributed by atoms with van der Waals surface area (Å²) in [5.74, 6) is -0.693. The second-order valence-electron chi connectivity index (χ2n) is 4.69. The molecular formula is C11H16FNO2S. The van der Waals surface area contributed by atoms with Crippen LogP contribution in [0.4, 0.5) is 9.57 Å². The Morgan fingerprint density at radius 3 is 2.06 bits per heavy atom. The van der Waals surface area contributed by atoms with Gasteiger partial charge in [0.05, 0.1) is 0 Å². The second-order valence-corrected chi connectivity index (χ2v) is 6.05. The molecule has 0 amide bonds. The molecule has 0 saturated heterocycles. The first kappa shape index (κ1) is 13.0. The fourth-order valence-electron chi connectivity index (χ4n) is 1.26. The van der Waals surface area contributed by atoms with E-state index in [0.29, 0.717) is 5.69 Å². The molecule has 3 nitrogen and oxygen atoms in total. The fraction of sp³-hybridized carbons (Fsp3) is 0.455. The maximum Gasteiger partial charge on any atom is 0.320 e. The standard InChI is InChI=1S/C11H16FNO2S/c1-11(2,3)9-4-6-10(7-5-9)13-8-16(12,14)15/h4-7,13H,8H2,1-3H3. The zero-order valence-electron chi connectivity index (χ0n) is 9.62. The van der Waals surface area contributed by atoms with Crippen molar-refractivity contribution in [2.45, 2.75) is 26.2 Å². The van der Waals surface area contributed by atoms with E-state index < -0.39 is 16.1 Å². The van der Waals surface area contributed by atoms with Gasteiger partial charge in [-0.25, -0.2) is 0 Å².